The molecule has 0 radical (unpaired) electrons. The van der Waals surface area contributed by atoms with Crippen LogP contribution in [0.3, 0.4) is 0 Å². The first-order chi connectivity index (χ1) is 11.2. The molecule has 1 aliphatic rings. The van der Waals surface area contributed by atoms with Crippen molar-refractivity contribution in [2.24, 2.45) is 5.92 Å². The molecular weight excluding hydrogens is 313 g/mol. The fourth-order valence-electron chi connectivity index (χ4n) is 4.55. The van der Waals surface area contributed by atoms with E-state index in [1.807, 2.05) is 0 Å². The molecule has 0 aliphatic carbocycles. The zero-order chi connectivity index (χ0) is 17.5. The standard InChI is InChI=1S/C21H30NOP/c1-20(2)12-17(13-21(3,4)22(20)23)9-15-5-7-19-11-16(14-24)6-8-18(19)10-15/h5-8,10-11,17,23H,9,12-14,24H2,1-4H3. The Bertz CT molecular complexity index is 720. The second-order valence-corrected chi connectivity index (χ2v) is 9.04. The zero-order valence-electron chi connectivity index (χ0n) is 15.3. The molecular formula is C21H30NOP. The summed E-state index contributed by atoms with van der Waals surface area (Å²) in [5.74, 6) is 0.599. The minimum Gasteiger partial charge on any atom is -0.313 e. The molecule has 0 bridgehead atoms. The third kappa shape index (κ3) is 3.52. The van der Waals surface area contributed by atoms with Crippen molar-refractivity contribution in [2.45, 2.75) is 64.2 Å². The summed E-state index contributed by atoms with van der Waals surface area (Å²) < 4.78 is 0. The van der Waals surface area contributed by atoms with Gasteiger partial charge >= 0.3 is 0 Å². The van der Waals surface area contributed by atoms with E-state index in [-0.39, 0.29) is 11.1 Å². The lowest BCUT2D eigenvalue weighted by atomic mass is 9.73. The van der Waals surface area contributed by atoms with E-state index >= 15 is 0 Å². The number of rotatable bonds is 3. The van der Waals surface area contributed by atoms with Crippen molar-refractivity contribution in [2.75, 3.05) is 0 Å². The molecule has 2 aromatic carbocycles. The normalized spacial score (nSPS) is 21.2. The molecule has 2 nitrogen and oxygen atoms in total. The van der Waals surface area contributed by atoms with Gasteiger partial charge in [0.25, 0.3) is 0 Å². The fraction of sp³-hybridized carbons (Fsp3) is 0.524. The molecule has 0 spiro atoms. The van der Waals surface area contributed by atoms with Gasteiger partial charge in [0.2, 0.25) is 0 Å². The average Bonchev–Trinajstić information content (AvgIpc) is 2.51. The minimum absolute atomic E-state index is 0.170. The third-order valence-electron chi connectivity index (χ3n) is 5.45. The van der Waals surface area contributed by atoms with Gasteiger partial charge in [-0.25, -0.2) is 0 Å². The van der Waals surface area contributed by atoms with Crippen molar-refractivity contribution in [3.63, 3.8) is 0 Å². The van der Waals surface area contributed by atoms with Crippen LogP contribution in [0.1, 0.15) is 51.7 Å². The molecule has 0 saturated carbocycles. The number of fused-ring (bicyclic) bond motifs is 1. The van der Waals surface area contributed by atoms with Gasteiger partial charge in [0.05, 0.1) is 0 Å². The van der Waals surface area contributed by atoms with Crippen LogP contribution in [-0.4, -0.2) is 21.3 Å². The maximum atomic E-state index is 10.5. The van der Waals surface area contributed by atoms with E-state index in [2.05, 4.69) is 73.3 Å². The summed E-state index contributed by atoms with van der Waals surface area (Å²) in [5.41, 5.74) is 2.43. The van der Waals surface area contributed by atoms with Crippen LogP contribution in [0.15, 0.2) is 36.4 Å². The second kappa shape index (κ2) is 6.41. The quantitative estimate of drug-likeness (QED) is 0.753. The highest BCUT2D eigenvalue weighted by Gasteiger charge is 2.44. The first-order valence-corrected chi connectivity index (χ1v) is 9.74. The Morgan fingerprint density at radius 2 is 1.46 bits per heavy atom. The lowest BCUT2D eigenvalue weighted by Crippen LogP contribution is -2.59. The molecule has 1 fully saturated rings. The predicted molar refractivity (Wildman–Crippen MR) is 106 cm³/mol. The number of hydroxylamine groups is 2. The van der Waals surface area contributed by atoms with Gasteiger partial charge < -0.3 is 5.21 Å². The minimum atomic E-state index is -0.170. The molecule has 2 aromatic rings. The SMILES string of the molecule is CC1(C)CC(Cc2ccc3cc(CP)ccc3c2)CC(C)(C)N1O. The van der Waals surface area contributed by atoms with E-state index in [0.29, 0.717) is 5.92 Å². The van der Waals surface area contributed by atoms with Crippen LogP contribution in [-0.2, 0) is 12.6 Å². The number of benzene rings is 2. The van der Waals surface area contributed by atoms with Crippen LogP contribution >= 0.6 is 9.24 Å². The van der Waals surface area contributed by atoms with Gasteiger partial charge in [-0.15, -0.1) is 9.24 Å². The highest BCUT2D eigenvalue weighted by atomic mass is 31.0. The number of nitrogens with zero attached hydrogens (tertiary/aromatic N) is 1. The van der Waals surface area contributed by atoms with Gasteiger partial charge in [0.15, 0.2) is 0 Å². The largest absolute Gasteiger partial charge is 0.313 e. The molecule has 3 heteroatoms. The topological polar surface area (TPSA) is 23.5 Å². The first kappa shape index (κ1) is 17.9. The molecule has 1 atom stereocenters. The summed E-state index contributed by atoms with van der Waals surface area (Å²) >= 11 is 0. The summed E-state index contributed by atoms with van der Waals surface area (Å²) in [4.78, 5) is 0. The number of hydrogen-bond donors (Lipinski definition) is 1. The van der Waals surface area contributed by atoms with E-state index in [1.165, 1.54) is 21.9 Å². The van der Waals surface area contributed by atoms with Crippen LogP contribution in [0, 0.1) is 5.92 Å². The van der Waals surface area contributed by atoms with Crippen LogP contribution in [0.4, 0.5) is 0 Å². The smallest absolute Gasteiger partial charge is 0.0413 e. The Kier molecular flexibility index (Phi) is 4.77. The van der Waals surface area contributed by atoms with Gasteiger partial charge in [0.1, 0.15) is 0 Å². The van der Waals surface area contributed by atoms with Crippen molar-refractivity contribution < 1.29 is 5.21 Å². The molecule has 1 heterocycles. The van der Waals surface area contributed by atoms with Gasteiger partial charge in [-0.1, -0.05) is 36.4 Å². The number of hydrogen-bond acceptors (Lipinski definition) is 2. The third-order valence-corrected chi connectivity index (χ3v) is 5.92. The summed E-state index contributed by atoms with van der Waals surface area (Å²) in [6.07, 6.45) is 4.14. The van der Waals surface area contributed by atoms with Gasteiger partial charge in [-0.2, -0.15) is 5.06 Å². The van der Waals surface area contributed by atoms with Crippen molar-refractivity contribution >= 4 is 20.0 Å². The highest BCUT2D eigenvalue weighted by Crippen LogP contribution is 2.41. The van der Waals surface area contributed by atoms with Crippen LogP contribution in [0.25, 0.3) is 10.8 Å². The summed E-state index contributed by atoms with van der Waals surface area (Å²) in [6.45, 7) is 8.58. The predicted octanol–water partition coefficient (Wildman–Crippen LogP) is 5.42. The summed E-state index contributed by atoms with van der Waals surface area (Å²) in [7, 11) is 2.79. The second-order valence-electron chi connectivity index (χ2n) is 8.64. The molecule has 0 amide bonds. The lowest BCUT2D eigenvalue weighted by Gasteiger charge is -2.51. The Labute approximate surface area is 148 Å². The van der Waals surface area contributed by atoms with Crippen molar-refractivity contribution in [1.29, 1.82) is 0 Å². The van der Waals surface area contributed by atoms with E-state index in [0.717, 1.165) is 25.4 Å². The van der Waals surface area contributed by atoms with Gasteiger partial charge in [-0.05, 0) is 80.9 Å². The lowest BCUT2D eigenvalue weighted by molar-refractivity contribution is -0.250. The van der Waals surface area contributed by atoms with Gasteiger partial charge in [-0.3, -0.25) is 0 Å². The molecule has 3 rings (SSSR count). The van der Waals surface area contributed by atoms with Gasteiger partial charge in [0, 0.05) is 11.1 Å². The van der Waals surface area contributed by atoms with E-state index in [1.54, 1.807) is 5.06 Å². The van der Waals surface area contributed by atoms with Crippen molar-refractivity contribution in [3.05, 3.63) is 47.5 Å². The Morgan fingerprint density at radius 1 is 0.958 bits per heavy atom. The van der Waals surface area contributed by atoms with Crippen LogP contribution in [0.5, 0.6) is 0 Å². The Morgan fingerprint density at radius 3 is 2.00 bits per heavy atom. The monoisotopic (exact) mass is 343 g/mol. The maximum Gasteiger partial charge on any atom is 0.0413 e. The molecule has 1 aliphatic heterocycles. The highest BCUT2D eigenvalue weighted by molar-refractivity contribution is 7.15. The Balaban J connectivity index is 1.82. The Hall–Kier alpha value is -0.950. The zero-order valence-corrected chi connectivity index (χ0v) is 16.5. The molecule has 130 valence electrons. The summed E-state index contributed by atoms with van der Waals surface area (Å²) in [6, 6.07) is 13.6. The average molecular weight is 343 g/mol. The maximum absolute atomic E-state index is 10.5. The van der Waals surface area contributed by atoms with Crippen molar-refractivity contribution in [3.8, 4) is 0 Å². The molecule has 1 saturated heterocycles. The van der Waals surface area contributed by atoms with E-state index in [9.17, 15) is 5.21 Å². The van der Waals surface area contributed by atoms with Crippen molar-refractivity contribution in [1.82, 2.24) is 5.06 Å². The van der Waals surface area contributed by atoms with Crippen LogP contribution in [0.2, 0.25) is 0 Å². The molecule has 0 aromatic heterocycles. The first-order valence-electron chi connectivity index (χ1n) is 8.92. The summed E-state index contributed by atoms with van der Waals surface area (Å²) in [5, 5.41) is 14.7. The fourth-order valence-corrected chi connectivity index (χ4v) is 4.81. The molecule has 1 N–H and O–H groups in total. The molecule has 24 heavy (non-hydrogen) atoms. The molecule has 1 unspecified atom stereocenters. The van der Waals surface area contributed by atoms with Crippen LogP contribution < -0.4 is 0 Å². The number of piperidine rings is 1. The van der Waals surface area contributed by atoms with E-state index < -0.39 is 0 Å². The van der Waals surface area contributed by atoms with E-state index in [4.69, 9.17) is 0 Å².